The normalized spacial score (nSPS) is 12.2. The quantitative estimate of drug-likeness (QED) is 0.567. The maximum Gasteiger partial charge on any atom is 0.277 e. The first kappa shape index (κ1) is 16.2. The van der Waals surface area contributed by atoms with Crippen molar-refractivity contribution < 1.29 is 21.6 Å². The Morgan fingerprint density at radius 1 is 1.47 bits per heavy atom. The molecule has 1 rings (SSSR count). The molecule has 98 valence electrons. The Morgan fingerprint density at radius 2 is 2.12 bits per heavy atom. The Morgan fingerprint density at radius 3 is 2.65 bits per heavy atom. The van der Waals surface area contributed by atoms with E-state index < -0.39 is 5.91 Å². The van der Waals surface area contributed by atoms with Crippen LogP contribution in [0.1, 0.15) is 32.2 Å². The van der Waals surface area contributed by atoms with Gasteiger partial charge in [-0.3, -0.25) is 4.79 Å². The maximum atomic E-state index is 10.5. The summed E-state index contributed by atoms with van der Waals surface area (Å²) in [6.45, 7) is 4.14. The highest BCUT2D eigenvalue weighted by Gasteiger charge is 2.16. The summed E-state index contributed by atoms with van der Waals surface area (Å²) in [4.78, 5) is 10.5. The van der Waals surface area contributed by atoms with E-state index in [9.17, 15) is 4.79 Å². The number of hydrogen-bond acceptors (Lipinski definition) is 6. The molecule has 0 aliphatic rings. The van der Waals surface area contributed by atoms with Gasteiger partial charge < -0.3 is 28.3 Å². The SMILES string of the molecule is CC(C)C[C@H](N)c1nnc(SCC(N)=O)o1.[Cl-]. The van der Waals surface area contributed by atoms with Gasteiger partial charge in [0.2, 0.25) is 11.8 Å². The lowest BCUT2D eigenvalue weighted by Crippen LogP contribution is -3.00. The van der Waals surface area contributed by atoms with E-state index in [0.29, 0.717) is 17.0 Å². The molecule has 1 aromatic rings. The molecule has 0 aromatic carbocycles. The third-order valence-electron chi connectivity index (χ3n) is 1.80. The number of nitrogens with two attached hydrogens (primary N) is 2. The molecule has 0 radical (unpaired) electrons. The summed E-state index contributed by atoms with van der Waals surface area (Å²) < 4.78 is 5.30. The second kappa shape index (κ2) is 7.52. The van der Waals surface area contributed by atoms with E-state index in [2.05, 4.69) is 24.0 Å². The van der Waals surface area contributed by atoms with Gasteiger partial charge in [0.05, 0.1) is 11.8 Å². The zero-order valence-electron chi connectivity index (χ0n) is 9.72. The van der Waals surface area contributed by atoms with E-state index in [1.54, 1.807) is 0 Å². The second-order valence-corrected chi connectivity index (χ2v) is 4.82. The molecule has 1 amide bonds. The zero-order chi connectivity index (χ0) is 12.1. The predicted octanol–water partition coefficient (Wildman–Crippen LogP) is -2.30. The Labute approximate surface area is 110 Å². The lowest BCUT2D eigenvalue weighted by molar-refractivity contribution is -0.115. The third-order valence-corrected chi connectivity index (χ3v) is 2.64. The standard InChI is InChI=1S/C9H16N4O2S.ClH/c1-5(2)3-6(10)8-12-13-9(15-8)16-4-7(11)14;/h5-6H,3-4,10H2,1-2H3,(H2,11,14);1H/p-1/t6-;/m0./s1. The van der Waals surface area contributed by atoms with Crippen molar-refractivity contribution in [2.24, 2.45) is 17.4 Å². The summed E-state index contributed by atoms with van der Waals surface area (Å²) in [5.41, 5.74) is 10.9. The fraction of sp³-hybridized carbons (Fsp3) is 0.667. The fourth-order valence-electron chi connectivity index (χ4n) is 1.17. The minimum Gasteiger partial charge on any atom is -1.00 e. The van der Waals surface area contributed by atoms with Gasteiger partial charge in [0.25, 0.3) is 5.22 Å². The van der Waals surface area contributed by atoms with Gasteiger partial charge >= 0.3 is 0 Å². The summed E-state index contributed by atoms with van der Waals surface area (Å²) >= 11 is 1.12. The molecule has 4 N–H and O–H groups in total. The van der Waals surface area contributed by atoms with Crippen LogP contribution in [0.4, 0.5) is 0 Å². The highest BCUT2D eigenvalue weighted by atomic mass is 35.5. The second-order valence-electron chi connectivity index (χ2n) is 3.90. The molecule has 8 heteroatoms. The van der Waals surface area contributed by atoms with Gasteiger partial charge in [-0.1, -0.05) is 25.6 Å². The largest absolute Gasteiger partial charge is 1.00 e. The highest BCUT2D eigenvalue weighted by Crippen LogP contribution is 2.21. The first-order valence-corrected chi connectivity index (χ1v) is 5.97. The first-order chi connectivity index (χ1) is 7.49. The molecule has 1 heterocycles. The number of thioether (sulfide) groups is 1. The minimum atomic E-state index is -0.420. The topological polar surface area (TPSA) is 108 Å². The third kappa shape index (κ3) is 5.90. The van der Waals surface area contributed by atoms with Crippen LogP contribution in [0, 0.1) is 5.92 Å². The average Bonchev–Trinajstić information content (AvgIpc) is 2.61. The molecule has 0 aliphatic heterocycles. The smallest absolute Gasteiger partial charge is 0.277 e. The van der Waals surface area contributed by atoms with Gasteiger partial charge in [-0.2, -0.15) is 0 Å². The monoisotopic (exact) mass is 279 g/mol. The molecule has 17 heavy (non-hydrogen) atoms. The molecule has 0 saturated carbocycles. The zero-order valence-corrected chi connectivity index (χ0v) is 11.3. The van der Waals surface area contributed by atoms with Crippen LogP contribution in [0.3, 0.4) is 0 Å². The van der Waals surface area contributed by atoms with Crippen LogP contribution in [0.5, 0.6) is 0 Å². The van der Waals surface area contributed by atoms with Crippen molar-refractivity contribution in [3.05, 3.63) is 5.89 Å². The number of hydrogen-bond donors (Lipinski definition) is 2. The van der Waals surface area contributed by atoms with Crippen molar-refractivity contribution in [3.8, 4) is 0 Å². The molecular formula is C9H16ClN4O2S-. The summed E-state index contributed by atoms with van der Waals surface area (Å²) in [6, 6.07) is -0.254. The molecule has 1 aromatic heterocycles. The van der Waals surface area contributed by atoms with E-state index in [1.807, 2.05) is 0 Å². The van der Waals surface area contributed by atoms with Crippen LogP contribution >= 0.6 is 11.8 Å². The number of aromatic nitrogens is 2. The Balaban J connectivity index is 0.00000256. The van der Waals surface area contributed by atoms with Crippen molar-refractivity contribution in [1.82, 2.24) is 10.2 Å². The summed E-state index contributed by atoms with van der Waals surface area (Å²) in [7, 11) is 0. The molecular weight excluding hydrogens is 264 g/mol. The molecule has 6 nitrogen and oxygen atoms in total. The van der Waals surface area contributed by atoms with Crippen LogP contribution in [-0.2, 0) is 4.79 Å². The number of carbonyl (C=O) groups excluding carboxylic acids is 1. The molecule has 0 saturated heterocycles. The highest BCUT2D eigenvalue weighted by molar-refractivity contribution is 7.99. The Kier molecular flexibility index (Phi) is 7.17. The van der Waals surface area contributed by atoms with E-state index in [-0.39, 0.29) is 24.2 Å². The Bertz CT molecular complexity index is 359. The molecule has 0 unspecified atom stereocenters. The van der Waals surface area contributed by atoms with E-state index >= 15 is 0 Å². The van der Waals surface area contributed by atoms with Gasteiger partial charge in [-0.25, -0.2) is 0 Å². The van der Waals surface area contributed by atoms with Gasteiger partial charge in [-0.15, -0.1) is 10.2 Å². The van der Waals surface area contributed by atoms with E-state index in [0.717, 1.165) is 18.2 Å². The van der Waals surface area contributed by atoms with Crippen molar-refractivity contribution in [2.75, 3.05) is 5.75 Å². The van der Waals surface area contributed by atoms with Crippen molar-refractivity contribution in [2.45, 2.75) is 31.5 Å². The predicted molar refractivity (Wildman–Crippen MR) is 60.6 cm³/mol. The number of rotatable bonds is 6. The lowest BCUT2D eigenvalue weighted by atomic mass is 10.1. The van der Waals surface area contributed by atoms with Gasteiger partial charge in [0.15, 0.2) is 0 Å². The molecule has 0 aliphatic carbocycles. The summed E-state index contributed by atoms with van der Waals surface area (Å²) in [5, 5.41) is 7.93. The molecule has 0 bridgehead atoms. The van der Waals surface area contributed by atoms with E-state index in [4.69, 9.17) is 15.9 Å². The van der Waals surface area contributed by atoms with Crippen molar-refractivity contribution in [3.63, 3.8) is 0 Å². The van der Waals surface area contributed by atoms with Crippen LogP contribution in [-0.4, -0.2) is 21.9 Å². The van der Waals surface area contributed by atoms with Crippen molar-refractivity contribution >= 4 is 17.7 Å². The van der Waals surface area contributed by atoms with Gasteiger partial charge in [0, 0.05) is 0 Å². The number of carbonyl (C=O) groups is 1. The van der Waals surface area contributed by atoms with Crippen LogP contribution in [0.25, 0.3) is 0 Å². The molecule has 0 spiro atoms. The number of primary amides is 1. The first-order valence-electron chi connectivity index (χ1n) is 4.99. The van der Waals surface area contributed by atoms with Gasteiger partial charge in [0.1, 0.15) is 0 Å². The summed E-state index contributed by atoms with van der Waals surface area (Å²) in [6.07, 6.45) is 0.780. The van der Waals surface area contributed by atoms with Crippen LogP contribution in [0.2, 0.25) is 0 Å². The molecule has 0 fully saturated rings. The number of halogens is 1. The fourth-order valence-corrected chi connectivity index (χ4v) is 1.68. The van der Waals surface area contributed by atoms with Crippen molar-refractivity contribution in [1.29, 1.82) is 0 Å². The van der Waals surface area contributed by atoms with Crippen LogP contribution in [0.15, 0.2) is 9.64 Å². The van der Waals surface area contributed by atoms with Crippen LogP contribution < -0.4 is 23.9 Å². The average molecular weight is 280 g/mol. The minimum absolute atomic E-state index is 0. The number of nitrogens with zero attached hydrogens (tertiary/aromatic N) is 2. The number of amides is 1. The van der Waals surface area contributed by atoms with E-state index in [1.165, 1.54) is 0 Å². The Hall–Kier alpha value is -0.790. The lowest BCUT2D eigenvalue weighted by Gasteiger charge is -2.08. The summed E-state index contributed by atoms with van der Waals surface area (Å²) in [5.74, 6) is 0.571. The molecule has 1 atom stereocenters. The van der Waals surface area contributed by atoms with Gasteiger partial charge in [-0.05, 0) is 12.3 Å². The maximum absolute atomic E-state index is 10.5.